The Morgan fingerprint density at radius 3 is 2.21 bits per heavy atom. The fraction of sp³-hybridized carbons (Fsp3) is 0.200. The van der Waals surface area contributed by atoms with Crippen LogP contribution in [-0.2, 0) is 0 Å². The summed E-state index contributed by atoms with van der Waals surface area (Å²) in [5.41, 5.74) is 8.19. The molecule has 0 saturated heterocycles. The molecule has 0 saturated carbocycles. The van der Waals surface area contributed by atoms with Gasteiger partial charge in [-0.05, 0) is 43.3 Å². The Morgan fingerprint density at radius 1 is 0.893 bits per heavy atom. The van der Waals surface area contributed by atoms with Crippen molar-refractivity contribution in [3.63, 3.8) is 0 Å². The van der Waals surface area contributed by atoms with E-state index in [1.54, 1.807) is 20.3 Å². The van der Waals surface area contributed by atoms with Gasteiger partial charge in [-0.25, -0.2) is 9.97 Å². The van der Waals surface area contributed by atoms with Gasteiger partial charge in [0.2, 0.25) is 0 Å². The Hall–Kier alpha value is -3.68. The van der Waals surface area contributed by atoms with Crippen LogP contribution in [0.15, 0.2) is 48.8 Å². The largest absolute Gasteiger partial charge is 0.497 e. The number of benzene rings is 2. The van der Waals surface area contributed by atoms with E-state index in [-0.39, 0.29) is 0 Å². The van der Waals surface area contributed by atoms with Gasteiger partial charge in [-0.2, -0.15) is 0 Å². The molecule has 146 valence electrons. The third kappa shape index (κ3) is 4.35. The maximum atomic E-state index is 6.26. The van der Waals surface area contributed by atoms with Crippen molar-refractivity contribution in [3.8, 4) is 17.2 Å². The lowest BCUT2D eigenvalue weighted by molar-refractivity contribution is 0.340. The van der Waals surface area contributed by atoms with E-state index in [1.165, 1.54) is 6.33 Å². The minimum absolute atomic E-state index is 0.384. The molecule has 0 unspecified atom stereocenters. The van der Waals surface area contributed by atoms with E-state index < -0.39 is 0 Å². The number of rotatable bonds is 8. The van der Waals surface area contributed by atoms with Gasteiger partial charge in [0.15, 0.2) is 11.6 Å². The Balaban J connectivity index is 1.81. The normalized spacial score (nSPS) is 10.2. The van der Waals surface area contributed by atoms with Crippen LogP contribution in [0.3, 0.4) is 0 Å². The second-order valence-corrected chi connectivity index (χ2v) is 5.76. The van der Waals surface area contributed by atoms with E-state index in [2.05, 4.69) is 20.6 Å². The second-order valence-electron chi connectivity index (χ2n) is 5.76. The molecular formula is C20H23N5O3. The van der Waals surface area contributed by atoms with Gasteiger partial charge in [0.05, 0.1) is 26.5 Å². The highest BCUT2D eigenvalue weighted by molar-refractivity contribution is 5.81. The molecule has 0 amide bonds. The highest BCUT2D eigenvalue weighted by Crippen LogP contribution is 2.34. The number of methoxy groups -OCH3 is 2. The number of hydrogen-bond donors (Lipinski definition) is 3. The molecule has 0 spiro atoms. The minimum Gasteiger partial charge on any atom is -0.497 e. The second kappa shape index (κ2) is 8.81. The number of nitrogens with one attached hydrogen (secondary N) is 2. The van der Waals surface area contributed by atoms with Crippen LogP contribution in [0.25, 0.3) is 0 Å². The topological polar surface area (TPSA) is 104 Å². The lowest BCUT2D eigenvalue weighted by atomic mass is 10.2. The molecule has 0 aliphatic carbocycles. The third-order valence-electron chi connectivity index (χ3n) is 3.97. The Kier molecular flexibility index (Phi) is 6.01. The van der Waals surface area contributed by atoms with E-state index in [1.807, 2.05) is 43.3 Å². The fourth-order valence-corrected chi connectivity index (χ4v) is 2.56. The predicted molar refractivity (Wildman–Crippen MR) is 110 cm³/mol. The predicted octanol–water partition coefficient (Wildman–Crippen LogP) is 3.96. The van der Waals surface area contributed by atoms with Gasteiger partial charge in [0.25, 0.3) is 0 Å². The molecule has 1 aromatic heterocycles. The van der Waals surface area contributed by atoms with Crippen molar-refractivity contribution >= 4 is 28.7 Å². The molecule has 0 bridgehead atoms. The van der Waals surface area contributed by atoms with Crippen molar-refractivity contribution in [2.24, 2.45) is 0 Å². The molecule has 0 aliphatic heterocycles. The first-order chi connectivity index (χ1) is 13.6. The zero-order valence-corrected chi connectivity index (χ0v) is 16.0. The summed E-state index contributed by atoms with van der Waals surface area (Å²) in [6, 6.07) is 13.0. The molecule has 3 rings (SSSR count). The van der Waals surface area contributed by atoms with Crippen LogP contribution in [0.1, 0.15) is 6.92 Å². The smallest absolute Gasteiger partial charge is 0.159 e. The van der Waals surface area contributed by atoms with Gasteiger partial charge >= 0.3 is 0 Å². The number of ether oxygens (including phenoxy) is 3. The first-order valence-electron chi connectivity index (χ1n) is 8.74. The van der Waals surface area contributed by atoms with Gasteiger partial charge in [-0.15, -0.1) is 0 Å². The number of hydrogen-bond acceptors (Lipinski definition) is 8. The standard InChI is InChI=1S/C20H23N5O3/c1-4-28-14-7-5-13(6-8-14)24-19-18(21)20(23-12-22-19)25-16-10-9-15(26-2)11-17(16)27-3/h5-12H,4,21H2,1-3H3,(H2,22,23,24,25). The van der Waals surface area contributed by atoms with Crippen molar-refractivity contribution in [2.75, 3.05) is 37.2 Å². The molecule has 8 nitrogen and oxygen atoms in total. The first kappa shape index (κ1) is 19.1. The highest BCUT2D eigenvalue weighted by atomic mass is 16.5. The number of nitrogens with two attached hydrogens (primary N) is 1. The van der Waals surface area contributed by atoms with Crippen molar-refractivity contribution in [1.82, 2.24) is 9.97 Å². The van der Waals surface area contributed by atoms with Crippen LogP contribution >= 0.6 is 0 Å². The molecule has 1 heterocycles. The van der Waals surface area contributed by atoms with Crippen LogP contribution in [-0.4, -0.2) is 30.8 Å². The molecule has 0 atom stereocenters. The molecule has 0 fully saturated rings. The maximum Gasteiger partial charge on any atom is 0.159 e. The van der Waals surface area contributed by atoms with Gasteiger partial charge < -0.3 is 30.6 Å². The molecular weight excluding hydrogens is 358 g/mol. The van der Waals surface area contributed by atoms with Gasteiger partial charge in [0.1, 0.15) is 29.3 Å². The lowest BCUT2D eigenvalue weighted by Crippen LogP contribution is -2.06. The molecule has 3 aromatic rings. The summed E-state index contributed by atoms with van der Waals surface area (Å²) in [6.07, 6.45) is 1.44. The van der Waals surface area contributed by atoms with Crippen LogP contribution < -0.4 is 30.6 Å². The molecule has 8 heteroatoms. The van der Waals surface area contributed by atoms with E-state index in [9.17, 15) is 0 Å². The molecule has 0 radical (unpaired) electrons. The average molecular weight is 381 g/mol. The average Bonchev–Trinajstić information content (AvgIpc) is 2.72. The summed E-state index contributed by atoms with van der Waals surface area (Å²) < 4.78 is 16.1. The summed E-state index contributed by atoms with van der Waals surface area (Å²) in [6.45, 7) is 2.57. The summed E-state index contributed by atoms with van der Waals surface area (Å²) >= 11 is 0. The van der Waals surface area contributed by atoms with Crippen molar-refractivity contribution in [2.45, 2.75) is 6.92 Å². The monoisotopic (exact) mass is 381 g/mol. The molecule has 28 heavy (non-hydrogen) atoms. The number of nitrogens with zero attached hydrogens (tertiary/aromatic N) is 2. The quantitative estimate of drug-likeness (QED) is 0.539. The van der Waals surface area contributed by atoms with Crippen molar-refractivity contribution < 1.29 is 14.2 Å². The first-order valence-corrected chi connectivity index (χ1v) is 8.74. The zero-order valence-electron chi connectivity index (χ0n) is 16.0. The number of aromatic nitrogens is 2. The molecule has 4 N–H and O–H groups in total. The van der Waals surface area contributed by atoms with Gasteiger partial charge in [-0.1, -0.05) is 0 Å². The summed E-state index contributed by atoms with van der Waals surface area (Å²) in [5.74, 6) is 3.06. The SMILES string of the molecule is CCOc1ccc(Nc2ncnc(Nc3ccc(OC)cc3OC)c2N)cc1. The van der Waals surface area contributed by atoms with Crippen molar-refractivity contribution in [3.05, 3.63) is 48.8 Å². The van der Waals surface area contributed by atoms with Gasteiger partial charge in [-0.3, -0.25) is 0 Å². The van der Waals surface area contributed by atoms with Crippen molar-refractivity contribution in [1.29, 1.82) is 0 Å². The fourth-order valence-electron chi connectivity index (χ4n) is 2.56. The van der Waals surface area contributed by atoms with E-state index in [4.69, 9.17) is 19.9 Å². The zero-order chi connectivity index (χ0) is 19.9. The maximum absolute atomic E-state index is 6.26. The Labute approximate surface area is 163 Å². The highest BCUT2D eigenvalue weighted by Gasteiger charge is 2.12. The summed E-state index contributed by atoms with van der Waals surface area (Å²) in [4.78, 5) is 8.47. The Morgan fingerprint density at radius 2 is 1.57 bits per heavy atom. The number of nitrogen functional groups attached to an aromatic ring is 1. The van der Waals surface area contributed by atoms with Crippen LogP contribution in [0.5, 0.6) is 17.2 Å². The van der Waals surface area contributed by atoms with Gasteiger partial charge in [0, 0.05) is 11.8 Å². The summed E-state index contributed by atoms with van der Waals surface area (Å²) in [7, 11) is 3.19. The number of anilines is 5. The van der Waals surface area contributed by atoms with E-state index >= 15 is 0 Å². The van der Waals surface area contributed by atoms with E-state index in [0.717, 1.165) is 11.4 Å². The van der Waals surface area contributed by atoms with Crippen LogP contribution in [0, 0.1) is 0 Å². The molecule has 0 aliphatic rings. The third-order valence-corrected chi connectivity index (χ3v) is 3.97. The van der Waals surface area contributed by atoms with Crippen LogP contribution in [0.2, 0.25) is 0 Å². The molecule has 2 aromatic carbocycles. The van der Waals surface area contributed by atoms with Crippen LogP contribution in [0.4, 0.5) is 28.7 Å². The lowest BCUT2D eigenvalue weighted by Gasteiger charge is -2.15. The Bertz CT molecular complexity index is 932. The minimum atomic E-state index is 0.384. The van der Waals surface area contributed by atoms with E-state index in [0.29, 0.717) is 41.1 Å². The summed E-state index contributed by atoms with van der Waals surface area (Å²) in [5, 5.41) is 6.37.